The van der Waals surface area contributed by atoms with Crippen LogP contribution in [0.4, 0.5) is 0 Å². The number of hydrogen-bond donors (Lipinski definition) is 0. The normalized spacial score (nSPS) is 24.2. The van der Waals surface area contributed by atoms with Gasteiger partial charge in [-0.05, 0) is 70.3 Å². The van der Waals surface area contributed by atoms with E-state index in [-0.39, 0.29) is 29.0 Å². The van der Waals surface area contributed by atoms with E-state index in [0.717, 1.165) is 25.7 Å². The Kier molecular flexibility index (Phi) is 16.0. The van der Waals surface area contributed by atoms with Crippen LogP contribution in [0.2, 0.25) is 0 Å². The molecule has 2 rings (SSSR count). The number of unbranched alkanes of at least 4 members (excludes halogenated alkanes) is 9. The first-order valence-corrected chi connectivity index (χ1v) is 18.8. The molecule has 1 aromatic rings. The Morgan fingerprint density at radius 1 is 0.891 bits per heavy atom. The quantitative estimate of drug-likeness (QED) is 0.0987. The summed E-state index contributed by atoms with van der Waals surface area (Å²) in [5, 5.41) is 2.13. The molecule has 5 atom stereocenters. The summed E-state index contributed by atoms with van der Waals surface area (Å²) in [6, 6.07) is 10.6. The zero-order chi connectivity index (χ0) is 34.6. The first kappa shape index (κ1) is 40.5. The van der Waals surface area contributed by atoms with Gasteiger partial charge in [0.15, 0.2) is 0 Å². The molecule has 1 aliphatic rings. The summed E-state index contributed by atoms with van der Waals surface area (Å²) in [7, 11) is 0. The molecule has 0 saturated carbocycles. The van der Waals surface area contributed by atoms with Gasteiger partial charge in [0, 0.05) is 12.3 Å². The highest BCUT2D eigenvalue weighted by molar-refractivity contribution is 5.84. The monoisotopic (exact) mass is 642 g/mol. The maximum absolute atomic E-state index is 14.1. The highest BCUT2D eigenvalue weighted by Crippen LogP contribution is 2.48. The summed E-state index contributed by atoms with van der Waals surface area (Å²) in [5.74, 6) is -0.296. The molecule has 0 N–H and O–H groups in total. The van der Waals surface area contributed by atoms with Crippen LogP contribution in [0.25, 0.3) is 0 Å². The van der Waals surface area contributed by atoms with Crippen molar-refractivity contribution in [3.8, 4) is 0 Å². The third-order valence-electron chi connectivity index (χ3n) is 11.8. The predicted molar refractivity (Wildman–Crippen MR) is 193 cm³/mol. The second-order valence-electron chi connectivity index (χ2n) is 16.1. The molecule has 1 saturated heterocycles. The second-order valence-corrected chi connectivity index (χ2v) is 16.1. The van der Waals surface area contributed by atoms with Crippen LogP contribution < -0.4 is 0 Å². The van der Waals surface area contributed by atoms with Gasteiger partial charge in [-0.1, -0.05) is 137 Å². The average Bonchev–Trinajstić information content (AvgIpc) is 3.03. The molecule has 0 bridgehead atoms. The number of Topliss-reactive ketones (excluding diaryl/α,β-unsaturated/α-hetero) is 1. The third kappa shape index (κ3) is 10.6. The standard InChI is InChI=1S/C41H71NO4/c1-12-15-16-17-18-19-20-21-22-26-29-45-37(44)35(30-38(6,7)32(4)34-27-24-23-25-28-34)39(8,9)46-42-40(10,13-2)31-36(43)33(5)41(42,11)14-3/h23-25,27-28,32-33,35H,12-22,26,29-31H2,1-11H3. The van der Waals surface area contributed by atoms with Crippen LogP contribution in [0.1, 0.15) is 178 Å². The van der Waals surface area contributed by atoms with Gasteiger partial charge in [0.1, 0.15) is 5.78 Å². The van der Waals surface area contributed by atoms with Crippen molar-refractivity contribution >= 4 is 11.8 Å². The number of ether oxygens (including phenoxy) is 1. The number of esters is 1. The van der Waals surface area contributed by atoms with E-state index in [0.29, 0.717) is 19.4 Å². The number of ketones is 1. The maximum atomic E-state index is 14.1. The average molecular weight is 642 g/mol. The number of hydrogen-bond acceptors (Lipinski definition) is 5. The van der Waals surface area contributed by atoms with Gasteiger partial charge in [-0.3, -0.25) is 14.4 Å². The van der Waals surface area contributed by atoms with Gasteiger partial charge >= 0.3 is 5.97 Å². The smallest absolute Gasteiger partial charge is 0.311 e. The van der Waals surface area contributed by atoms with E-state index in [1.807, 2.05) is 13.0 Å². The highest BCUT2D eigenvalue weighted by atomic mass is 16.7. The van der Waals surface area contributed by atoms with Crippen molar-refractivity contribution < 1.29 is 19.2 Å². The number of rotatable bonds is 21. The molecule has 5 unspecified atom stereocenters. The van der Waals surface area contributed by atoms with Crippen LogP contribution in [0.15, 0.2) is 30.3 Å². The van der Waals surface area contributed by atoms with Gasteiger partial charge in [0.25, 0.3) is 0 Å². The minimum absolute atomic E-state index is 0.163. The predicted octanol–water partition coefficient (Wildman–Crippen LogP) is 11.2. The van der Waals surface area contributed by atoms with Crippen molar-refractivity contribution in [2.24, 2.45) is 17.3 Å². The van der Waals surface area contributed by atoms with Gasteiger partial charge in [-0.15, -0.1) is 0 Å². The largest absolute Gasteiger partial charge is 0.465 e. The number of piperidine rings is 1. The second kappa shape index (κ2) is 18.2. The summed E-state index contributed by atoms with van der Waals surface area (Å²) in [6.45, 7) is 24.2. The first-order valence-electron chi connectivity index (χ1n) is 18.8. The Bertz CT molecular complexity index is 1050. The Morgan fingerprint density at radius 3 is 1.96 bits per heavy atom. The SMILES string of the molecule is CCCCCCCCCCCCOC(=O)C(CC(C)(C)C(C)c1ccccc1)C(C)(C)ON1C(C)(CC)CC(=O)C(C)C1(C)CC. The minimum atomic E-state index is -0.852. The first-order chi connectivity index (χ1) is 21.6. The van der Waals surface area contributed by atoms with E-state index in [1.54, 1.807) is 0 Å². The molecule has 5 heteroatoms. The lowest BCUT2D eigenvalue weighted by Gasteiger charge is -2.58. The summed E-state index contributed by atoms with van der Waals surface area (Å²) in [5.41, 5.74) is -0.715. The Hall–Kier alpha value is -1.72. The molecule has 1 aromatic carbocycles. The van der Waals surface area contributed by atoms with Gasteiger partial charge in [-0.25, -0.2) is 0 Å². The summed E-state index contributed by atoms with van der Waals surface area (Å²) >= 11 is 0. The van der Waals surface area contributed by atoms with Crippen molar-refractivity contribution in [2.75, 3.05) is 6.61 Å². The van der Waals surface area contributed by atoms with Crippen molar-refractivity contribution in [2.45, 2.75) is 189 Å². The minimum Gasteiger partial charge on any atom is -0.465 e. The van der Waals surface area contributed by atoms with E-state index in [9.17, 15) is 9.59 Å². The molecule has 0 aromatic heterocycles. The van der Waals surface area contributed by atoms with Crippen LogP contribution in [0.3, 0.4) is 0 Å². The molecule has 5 nitrogen and oxygen atoms in total. The van der Waals surface area contributed by atoms with Gasteiger partial charge < -0.3 is 4.74 Å². The fourth-order valence-corrected chi connectivity index (χ4v) is 7.34. The van der Waals surface area contributed by atoms with E-state index >= 15 is 0 Å². The zero-order valence-electron chi connectivity index (χ0n) is 31.8. The Morgan fingerprint density at radius 2 is 1.43 bits per heavy atom. The molecule has 0 spiro atoms. The van der Waals surface area contributed by atoms with Crippen molar-refractivity contribution in [1.82, 2.24) is 5.06 Å². The number of hydroxylamine groups is 2. The highest BCUT2D eigenvalue weighted by Gasteiger charge is 2.56. The molecule has 1 heterocycles. The zero-order valence-corrected chi connectivity index (χ0v) is 31.8. The van der Waals surface area contributed by atoms with Gasteiger partial charge in [0.05, 0.1) is 29.2 Å². The van der Waals surface area contributed by atoms with E-state index in [1.165, 1.54) is 56.9 Å². The molecule has 264 valence electrons. The number of carbonyl (C=O) groups is 2. The summed E-state index contributed by atoms with van der Waals surface area (Å²) < 4.78 is 6.09. The molecule has 46 heavy (non-hydrogen) atoms. The number of benzene rings is 1. The van der Waals surface area contributed by atoms with Gasteiger partial charge in [0.2, 0.25) is 0 Å². The van der Waals surface area contributed by atoms with E-state index in [4.69, 9.17) is 9.57 Å². The van der Waals surface area contributed by atoms with Crippen LogP contribution in [-0.2, 0) is 19.2 Å². The molecule has 0 radical (unpaired) electrons. The third-order valence-corrected chi connectivity index (χ3v) is 11.8. The van der Waals surface area contributed by atoms with Crippen LogP contribution >= 0.6 is 0 Å². The maximum Gasteiger partial charge on any atom is 0.311 e. The molecule has 1 fully saturated rings. The molecule has 0 amide bonds. The summed E-state index contributed by atoms with van der Waals surface area (Å²) in [4.78, 5) is 34.5. The Labute approximate surface area is 283 Å². The topological polar surface area (TPSA) is 55.8 Å². The molecule has 0 aliphatic carbocycles. The van der Waals surface area contributed by atoms with E-state index in [2.05, 4.69) is 98.6 Å². The van der Waals surface area contributed by atoms with Crippen molar-refractivity contribution in [3.05, 3.63) is 35.9 Å². The van der Waals surface area contributed by atoms with Crippen LogP contribution in [0, 0.1) is 17.3 Å². The van der Waals surface area contributed by atoms with Crippen LogP contribution in [0.5, 0.6) is 0 Å². The molecule has 1 aliphatic heterocycles. The lowest BCUT2D eigenvalue weighted by atomic mass is 9.68. The lowest BCUT2D eigenvalue weighted by molar-refractivity contribution is -0.347. The number of carbonyl (C=O) groups excluding carboxylic acids is 2. The van der Waals surface area contributed by atoms with E-state index < -0.39 is 22.6 Å². The van der Waals surface area contributed by atoms with Crippen LogP contribution in [-0.4, -0.2) is 40.1 Å². The molecular weight excluding hydrogens is 570 g/mol. The van der Waals surface area contributed by atoms with Gasteiger partial charge in [-0.2, -0.15) is 5.06 Å². The lowest BCUT2D eigenvalue weighted by Crippen LogP contribution is -2.68. The number of nitrogens with zero attached hydrogens (tertiary/aromatic N) is 1. The fourth-order valence-electron chi connectivity index (χ4n) is 7.34. The Balaban J connectivity index is 2.23. The summed E-state index contributed by atoms with van der Waals surface area (Å²) in [6.07, 6.45) is 15.1. The van der Waals surface area contributed by atoms with Crippen molar-refractivity contribution in [3.63, 3.8) is 0 Å². The molecular formula is C41H71NO4. The fraction of sp³-hybridized carbons (Fsp3) is 0.805. The van der Waals surface area contributed by atoms with Crippen molar-refractivity contribution in [1.29, 1.82) is 0 Å².